The minimum atomic E-state index is -0.629. The second-order valence-corrected chi connectivity index (χ2v) is 7.86. The summed E-state index contributed by atoms with van der Waals surface area (Å²) in [6.07, 6.45) is 0.792. The normalized spacial score (nSPS) is 30.4. The second-order valence-electron chi connectivity index (χ2n) is 7.86. The molecular formula is C22H21N3O3. The second kappa shape index (κ2) is 5.98. The zero-order valence-electron chi connectivity index (χ0n) is 15.6. The molecule has 6 heteroatoms. The molecule has 6 nitrogen and oxygen atoms in total. The van der Waals surface area contributed by atoms with Crippen LogP contribution in [0, 0.1) is 17.2 Å². The van der Waals surface area contributed by atoms with E-state index in [1.807, 2.05) is 30.3 Å². The van der Waals surface area contributed by atoms with Crippen LogP contribution in [0.1, 0.15) is 24.5 Å². The van der Waals surface area contributed by atoms with Crippen LogP contribution in [-0.2, 0) is 15.0 Å². The Bertz CT molecular complexity index is 1030. The number of amidine groups is 1. The highest BCUT2D eigenvalue weighted by atomic mass is 16.5. The highest BCUT2D eigenvalue weighted by molar-refractivity contribution is 5.76. The number of nitrogens with zero attached hydrogens (tertiary/aromatic N) is 2. The van der Waals surface area contributed by atoms with Crippen LogP contribution in [0.25, 0.3) is 11.1 Å². The fourth-order valence-electron chi connectivity index (χ4n) is 4.70. The van der Waals surface area contributed by atoms with Crippen molar-refractivity contribution in [3.8, 4) is 22.9 Å². The van der Waals surface area contributed by atoms with Gasteiger partial charge in [-0.2, -0.15) is 5.26 Å². The lowest BCUT2D eigenvalue weighted by Crippen LogP contribution is -2.59. The van der Waals surface area contributed by atoms with E-state index in [9.17, 15) is 5.26 Å². The van der Waals surface area contributed by atoms with Crippen molar-refractivity contribution in [1.82, 2.24) is 0 Å². The van der Waals surface area contributed by atoms with Crippen LogP contribution in [0.15, 0.2) is 47.5 Å². The van der Waals surface area contributed by atoms with E-state index in [1.54, 1.807) is 6.07 Å². The predicted octanol–water partition coefficient (Wildman–Crippen LogP) is 2.95. The highest BCUT2D eigenvalue weighted by Gasteiger charge is 2.59. The Morgan fingerprint density at radius 2 is 2.07 bits per heavy atom. The number of fused-ring (bicyclic) bond motifs is 4. The van der Waals surface area contributed by atoms with Gasteiger partial charge in [-0.1, -0.05) is 18.2 Å². The zero-order valence-corrected chi connectivity index (χ0v) is 15.6. The first-order chi connectivity index (χ1) is 13.5. The minimum Gasteiger partial charge on any atom is -0.487 e. The largest absolute Gasteiger partial charge is 0.487 e. The van der Waals surface area contributed by atoms with Crippen molar-refractivity contribution in [2.24, 2.45) is 16.6 Å². The van der Waals surface area contributed by atoms with E-state index in [2.05, 4.69) is 19.1 Å². The van der Waals surface area contributed by atoms with Gasteiger partial charge in [0.1, 0.15) is 23.5 Å². The lowest BCUT2D eigenvalue weighted by atomic mass is 9.66. The third kappa shape index (κ3) is 2.40. The first-order valence-electron chi connectivity index (χ1n) is 9.44. The van der Waals surface area contributed by atoms with Gasteiger partial charge in [-0.05, 0) is 42.3 Å². The summed E-state index contributed by atoms with van der Waals surface area (Å²) in [5.41, 5.74) is 8.50. The molecule has 3 atom stereocenters. The molecule has 0 aromatic heterocycles. The molecule has 1 spiro atoms. The average Bonchev–Trinajstić information content (AvgIpc) is 3.10. The molecule has 1 unspecified atom stereocenters. The summed E-state index contributed by atoms with van der Waals surface area (Å²) in [7, 11) is 0. The fourth-order valence-corrected chi connectivity index (χ4v) is 4.70. The van der Waals surface area contributed by atoms with Crippen molar-refractivity contribution in [2.45, 2.75) is 24.5 Å². The summed E-state index contributed by atoms with van der Waals surface area (Å²) < 4.78 is 17.9. The van der Waals surface area contributed by atoms with Gasteiger partial charge in [0.25, 0.3) is 6.02 Å². The van der Waals surface area contributed by atoms with Gasteiger partial charge in [0.15, 0.2) is 0 Å². The SMILES string of the molecule is C[C@]12CCOC[C@@H]1C1(COC(N)=N1)c1cc(-c3cccc(C#N)c3)ccc1O2. The van der Waals surface area contributed by atoms with Crippen molar-refractivity contribution in [3.63, 3.8) is 0 Å². The summed E-state index contributed by atoms with van der Waals surface area (Å²) in [6.45, 7) is 3.71. The lowest BCUT2D eigenvalue weighted by Gasteiger charge is -2.52. The molecule has 28 heavy (non-hydrogen) atoms. The Kier molecular flexibility index (Phi) is 3.65. The zero-order chi connectivity index (χ0) is 19.4. The highest BCUT2D eigenvalue weighted by Crippen LogP contribution is 2.54. The quantitative estimate of drug-likeness (QED) is 0.828. The summed E-state index contributed by atoms with van der Waals surface area (Å²) in [5.74, 6) is 0.811. The van der Waals surface area contributed by atoms with E-state index in [1.165, 1.54) is 0 Å². The fraction of sp³-hybridized carbons (Fsp3) is 0.364. The minimum absolute atomic E-state index is 0.00277. The third-order valence-corrected chi connectivity index (χ3v) is 6.20. The van der Waals surface area contributed by atoms with Crippen LogP contribution in [0.4, 0.5) is 0 Å². The van der Waals surface area contributed by atoms with Crippen molar-refractivity contribution < 1.29 is 14.2 Å². The smallest absolute Gasteiger partial charge is 0.283 e. The molecule has 0 amide bonds. The van der Waals surface area contributed by atoms with Gasteiger partial charge >= 0.3 is 0 Å². The molecule has 3 aliphatic rings. The number of rotatable bonds is 1. The Labute approximate surface area is 163 Å². The number of aliphatic imine (C=N–C) groups is 1. The Hall–Kier alpha value is -3.04. The van der Waals surface area contributed by atoms with Gasteiger partial charge in [-0.15, -0.1) is 0 Å². The molecule has 2 aromatic rings. The van der Waals surface area contributed by atoms with Crippen LogP contribution >= 0.6 is 0 Å². The Balaban J connectivity index is 1.69. The monoisotopic (exact) mass is 375 g/mol. The van der Waals surface area contributed by atoms with E-state index in [-0.39, 0.29) is 17.5 Å². The van der Waals surface area contributed by atoms with Gasteiger partial charge in [0.2, 0.25) is 0 Å². The number of nitrogens with two attached hydrogens (primary N) is 1. The first kappa shape index (κ1) is 17.1. The van der Waals surface area contributed by atoms with Gasteiger partial charge < -0.3 is 19.9 Å². The van der Waals surface area contributed by atoms with Crippen molar-refractivity contribution >= 4 is 6.02 Å². The molecule has 3 aliphatic heterocycles. The molecule has 0 bridgehead atoms. The molecule has 0 radical (unpaired) electrons. The van der Waals surface area contributed by atoms with Gasteiger partial charge in [0.05, 0.1) is 30.8 Å². The molecule has 1 fully saturated rings. The van der Waals surface area contributed by atoms with E-state index < -0.39 is 5.54 Å². The van der Waals surface area contributed by atoms with Crippen LogP contribution < -0.4 is 10.5 Å². The summed E-state index contributed by atoms with van der Waals surface area (Å²) in [5, 5.41) is 9.22. The summed E-state index contributed by atoms with van der Waals surface area (Å²) in [6, 6.07) is 16.1. The maximum atomic E-state index is 9.22. The lowest BCUT2D eigenvalue weighted by molar-refractivity contribution is -0.129. The van der Waals surface area contributed by atoms with Crippen LogP contribution in [-0.4, -0.2) is 31.4 Å². The summed E-state index contributed by atoms with van der Waals surface area (Å²) >= 11 is 0. The molecule has 2 N–H and O–H groups in total. The molecular weight excluding hydrogens is 354 g/mol. The predicted molar refractivity (Wildman–Crippen MR) is 104 cm³/mol. The van der Waals surface area contributed by atoms with Crippen LogP contribution in [0.3, 0.4) is 0 Å². The van der Waals surface area contributed by atoms with Crippen LogP contribution in [0.5, 0.6) is 5.75 Å². The maximum Gasteiger partial charge on any atom is 0.283 e. The summed E-state index contributed by atoms with van der Waals surface area (Å²) in [4.78, 5) is 4.78. The average molecular weight is 375 g/mol. The van der Waals surface area contributed by atoms with Crippen LogP contribution in [0.2, 0.25) is 0 Å². The number of ether oxygens (including phenoxy) is 3. The first-order valence-corrected chi connectivity index (χ1v) is 9.44. The molecule has 1 saturated heterocycles. The van der Waals surface area contributed by atoms with E-state index in [4.69, 9.17) is 24.9 Å². The molecule has 5 rings (SSSR count). The van der Waals surface area contributed by atoms with Gasteiger partial charge in [-0.3, -0.25) is 0 Å². The van der Waals surface area contributed by atoms with Gasteiger partial charge in [-0.25, -0.2) is 4.99 Å². The topological polar surface area (TPSA) is 89.9 Å². The van der Waals surface area contributed by atoms with Crippen molar-refractivity contribution in [2.75, 3.05) is 19.8 Å². The number of nitriles is 1. The Morgan fingerprint density at radius 3 is 2.86 bits per heavy atom. The number of hydrogen-bond acceptors (Lipinski definition) is 6. The molecule has 0 saturated carbocycles. The van der Waals surface area contributed by atoms with Crippen molar-refractivity contribution in [1.29, 1.82) is 5.26 Å². The van der Waals surface area contributed by atoms with E-state index in [0.29, 0.717) is 25.4 Å². The third-order valence-electron chi connectivity index (χ3n) is 6.20. The molecule has 3 heterocycles. The molecule has 0 aliphatic carbocycles. The molecule has 2 aromatic carbocycles. The van der Waals surface area contributed by atoms with Gasteiger partial charge in [0, 0.05) is 12.0 Å². The van der Waals surface area contributed by atoms with E-state index in [0.717, 1.165) is 28.9 Å². The van der Waals surface area contributed by atoms with Crippen molar-refractivity contribution in [3.05, 3.63) is 53.6 Å². The standard InChI is InChI=1S/C22H21N3O3/c1-21-7-8-26-12-19(21)22(13-27-20(24)25-22)17-10-16(5-6-18(17)28-21)15-4-2-3-14(9-15)11-23/h2-6,9-10,19H,7-8,12-13H2,1H3,(H2,24,25)/t19-,21-,22?/m0/s1. The number of benzene rings is 2. The number of hydrogen-bond donors (Lipinski definition) is 1. The van der Waals surface area contributed by atoms with E-state index >= 15 is 0 Å². The Morgan fingerprint density at radius 1 is 1.21 bits per heavy atom. The molecule has 142 valence electrons. The maximum absolute atomic E-state index is 9.22.